The summed E-state index contributed by atoms with van der Waals surface area (Å²) in [6.45, 7) is 5.88. The standard InChI is InChI=1S/C23H27N5O2/c1-17-7-9-18(10-8-17)22-26-19(16-30-22)15-25-23(24-2)28-13-11-27(12-14-28)20-5-3-4-6-21(20)29/h3-10,16,29H,11-15H2,1-2H3,(H,24,25). The van der Waals surface area contributed by atoms with E-state index in [1.54, 1.807) is 19.4 Å². The fraction of sp³-hybridized carbons (Fsp3) is 0.304. The Labute approximate surface area is 176 Å². The number of phenolic OH excluding ortho intramolecular Hbond substituents is 1. The molecule has 7 heteroatoms. The second-order valence-electron chi connectivity index (χ2n) is 7.37. The van der Waals surface area contributed by atoms with Crippen LogP contribution in [0.1, 0.15) is 11.3 Å². The molecule has 2 heterocycles. The molecule has 1 aliphatic heterocycles. The molecule has 0 amide bonds. The van der Waals surface area contributed by atoms with Crippen molar-refractivity contribution < 1.29 is 9.52 Å². The van der Waals surface area contributed by atoms with E-state index < -0.39 is 0 Å². The van der Waals surface area contributed by atoms with Crippen molar-refractivity contribution in [3.8, 4) is 17.2 Å². The van der Waals surface area contributed by atoms with Gasteiger partial charge in [-0.2, -0.15) is 0 Å². The number of guanidine groups is 1. The van der Waals surface area contributed by atoms with Gasteiger partial charge in [-0.25, -0.2) is 4.98 Å². The number of rotatable bonds is 4. The number of anilines is 1. The van der Waals surface area contributed by atoms with Crippen LogP contribution in [-0.2, 0) is 6.54 Å². The fourth-order valence-corrected chi connectivity index (χ4v) is 3.61. The van der Waals surface area contributed by atoms with Crippen molar-refractivity contribution in [2.75, 3.05) is 38.1 Å². The van der Waals surface area contributed by atoms with Crippen LogP contribution in [0.5, 0.6) is 5.75 Å². The molecule has 2 N–H and O–H groups in total. The van der Waals surface area contributed by atoms with Crippen LogP contribution in [0.2, 0.25) is 0 Å². The zero-order valence-electron chi connectivity index (χ0n) is 17.4. The van der Waals surface area contributed by atoms with Gasteiger partial charge in [0.05, 0.1) is 17.9 Å². The first-order chi connectivity index (χ1) is 14.6. The van der Waals surface area contributed by atoms with Gasteiger partial charge in [0.25, 0.3) is 0 Å². The number of aliphatic imine (C=N–C) groups is 1. The molecule has 0 aliphatic carbocycles. The van der Waals surface area contributed by atoms with Crippen LogP contribution in [0.3, 0.4) is 0 Å². The number of piperazine rings is 1. The van der Waals surface area contributed by atoms with Gasteiger partial charge in [0, 0.05) is 38.8 Å². The Hall–Kier alpha value is -3.48. The van der Waals surface area contributed by atoms with Gasteiger partial charge in [-0.1, -0.05) is 29.8 Å². The number of nitrogens with zero attached hydrogens (tertiary/aromatic N) is 4. The molecule has 3 aromatic rings. The van der Waals surface area contributed by atoms with E-state index >= 15 is 0 Å². The van der Waals surface area contributed by atoms with Crippen LogP contribution in [0.25, 0.3) is 11.5 Å². The lowest BCUT2D eigenvalue weighted by molar-refractivity contribution is 0.369. The molecule has 30 heavy (non-hydrogen) atoms. The van der Waals surface area contributed by atoms with Crippen molar-refractivity contribution in [3.05, 3.63) is 66.1 Å². The summed E-state index contributed by atoms with van der Waals surface area (Å²) in [5, 5.41) is 13.5. The summed E-state index contributed by atoms with van der Waals surface area (Å²) in [5.74, 6) is 1.79. The maximum Gasteiger partial charge on any atom is 0.226 e. The lowest BCUT2D eigenvalue weighted by Gasteiger charge is -2.37. The Balaban J connectivity index is 1.33. The van der Waals surface area contributed by atoms with Gasteiger partial charge in [0.2, 0.25) is 5.89 Å². The van der Waals surface area contributed by atoms with E-state index in [1.165, 1.54) is 5.56 Å². The number of aryl methyl sites for hydroxylation is 1. The van der Waals surface area contributed by atoms with Gasteiger partial charge in [0.1, 0.15) is 12.0 Å². The Morgan fingerprint density at radius 1 is 1.10 bits per heavy atom. The quantitative estimate of drug-likeness (QED) is 0.513. The van der Waals surface area contributed by atoms with E-state index in [0.29, 0.717) is 18.2 Å². The molecule has 1 aliphatic rings. The zero-order valence-corrected chi connectivity index (χ0v) is 17.4. The topological polar surface area (TPSA) is 77.1 Å². The maximum atomic E-state index is 10.1. The molecule has 1 aromatic heterocycles. The molecule has 2 aromatic carbocycles. The van der Waals surface area contributed by atoms with Gasteiger partial charge in [-0.3, -0.25) is 4.99 Å². The number of hydrogen-bond acceptors (Lipinski definition) is 5. The summed E-state index contributed by atoms with van der Waals surface area (Å²) < 4.78 is 5.64. The van der Waals surface area contributed by atoms with E-state index in [0.717, 1.165) is 49.1 Å². The summed E-state index contributed by atoms with van der Waals surface area (Å²) >= 11 is 0. The number of aromatic hydroxyl groups is 1. The normalized spacial score (nSPS) is 14.8. The lowest BCUT2D eigenvalue weighted by atomic mass is 10.1. The van der Waals surface area contributed by atoms with Crippen molar-refractivity contribution in [2.24, 2.45) is 4.99 Å². The Morgan fingerprint density at radius 2 is 1.83 bits per heavy atom. The summed E-state index contributed by atoms with van der Waals surface area (Å²) in [7, 11) is 1.79. The second-order valence-corrected chi connectivity index (χ2v) is 7.37. The monoisotopic (exact) mass is 405 g/mol. The number of aromatic nitrogens is 1. The van der Waals surface area contributed by atoms with E-state index in [1.807, 2.05) is 42.5 Å². The van der Waals surface area contributed by atoms with Crippen molar-refractivity contribution >= 4 is 11.6 Å². The average Bonchev–Trinajstić information content (AvgIpc) is 3.25. The highest BCUT2D eigenvalue weighted by Gasteiger charge is 2.21. The average molecular weight is 406 g/mol. The van der Waals surface area contributed by atoms with Crippen LogP contribution >= 0.6 is 0 Å². The second kappa shape index (κ2) is 8.90. The van der Waals surface area contributed by atoms with Gasteiger partial charge >= 0.3 is 0 Å². The summed E-state index contributed by atoms with van der Waals surface area (Å²) in [6.07, 6.45) is 1.69. The molecule has 0 unspecified atom stereocenters. The maximum absolute atomic E-state index is 10.1. The molecule has 0 radical (unpaired) electrons. The highest BCUT2D eigenvalue weighted by atomic mass is 16.3. The predicted molar refractivity (Wildman–Crippen MR) is 119 cm³/mol. The number of oxazole rings is 1. The van der Waals surface area contributed by atoms with E-state index in [4.69, 9.17) is 4.42 Å². The van der Waals surface area contributed by atoms with Crippen molar-refractivity contribution in [3.63, 3.8) is 0 Å². The Morgan fingerprint density at radius 3 is 2.53 bits per heavy atom. The fourth-order valence-electron chi connectivity index (χ4n) is 3.61. The molecule has 0 bridgehead atoms. The van der Waals surface area contributed by atoms with Gasteiger partial charge in [-0.05, 0) is 31.2 Å². The molecule has 0 saturated carbocycles. The number of para-hydroxylation sites is 2. The Bertz CT molecular complexity index is 1000. The number of nitrogens with one attached hydrogen (secondary N) is 1. The van der Waals surface area contributed by atoms with Crippen LogP contribution in [0, 0.1) is 6.92 Å². The minimum atomic E-state index is 0.323. The minimum Gasteiger partial charge on any atom is -0.506 e. The van der Waals surface area contributed by atoms with Gasteiger partial charge < -0.3 is 24.6 Å². The molecule has 4 rings (SSSR count). The van der Waals surface area contributed by atoms with Crippen molar-refractivity contribution in [1.29, 1.82) is 0 Å². The lowest BCUT2D eigenvalue weighted by Crippen LogP contribution is -2.52. The van der Waals surface area contributed by atoms with Gasteiger partial charge in [-0.15, -0.1) is 0 Å². The highest BCUT2D eigenvalue weighted by Crippen LogP contribution is 2.27. The summed E-state index contributed by atoms with van der Waals surface area (Å²) in [6, 6.07) is 15.6. The Kier molecular flexibility index (Phi) is 5.88. The summed E-state index contributed by atoms with van der Waals surface area (Å²) in [4.78, 5) is 13.4. The van der Waals surface area contributed by atoms with Crippen molar-refractivity contribution in [1.82, 2.24) is 15.2 Å². The number of benzene rings is 2. The molecular formula is C23H27N5O2. The third-order valence-corrected chi connectivity index (χ3v) is 5.29. The predicted octanol–water partition coefficient (Wildman–Crippen LogP) is 3.25. The van der Waals surface area contributed by atoms with Crippen LogP contribution < -0.4 is 10.2 Å². The zero-order chi connectivity index (χ0) is 20.9. The van der Waals surface area contributed by atoms with Gasteiger partial charge in [0.15, 0.2) is 5.96 Å². The first-order valence-corrected chi connectivity index (χ1v) is 10.1. The van der Waals surface area contributed by atoms with Crippen LogP contribution in [0.4, 0.5) is 5.69 Å². The van der Waals surface area contributed by atoms with E-state index in [9.17, 15) is 5.11 Å². The largest absolute Gasteiger partial charge is 0.506 e. The van der Waals surface area contributed by atoms with Crippen LogP contribution in [0.15, 0.2) is 64.2 Å². The molecule has 0 atom stereocenters. The smallest absolute Gasteiger partial charge is 0.226 e. The van der Waals surface area contributed by atoms with Crippen molar-refractivity contribution in [2.45, 2.75) is 13.5 Å². The third-order valence-electron chi connectivity index (χ3n) is 5.29. The molecule has 7 nitrogen and oxygen atoms in total. The molecule has 1 fully saturated rings. The molecule has 1 saturated heterocycles. The third kappa shape index (κ3) is 4.40. The molecule has 0 spiro atoms. The SMILES string of the molecule is CN=C(NCc1coc(-c2ccc(C)cc2)n1)N1CCN(c2ccccc2O)CC1. The highest BCUT2D eigenvalue weighted by molar-refractivity contribution is 5.80. The van der Waals surface area contributed by atoms with E-state index in [-0.39, 0.29) is 0 Å². The van der Waals surface area contributed by atoms with E-state index in [2.05, 4.69) is 32.0 Å². The first-order valence-electron chi connectivity index (χ1n) is 10.1. The molecular weight excluding hydrogens is 378 g/mol. The number of phenols is 1. The molecule has 156 valence electrons. The van der Waals surface area contributed by atoms with Crippen LogP contribution in [-0.4, -0.2) is 54.2 Å². The number of hydrogen-bond donors (Lipinski definition) is 2. The first kappa shape index (κ1) is 19.8. The minimum absolute atomic E-state index is 0.323. The summed E-state index contributed by atoms with van der Waals surface area (Å²) in [5.41, 5.74) is 3.89.